The lowest BCUT2D eigenvalue weighted by molar-refractivity contribution is -0.117. The van der Waals surface area contributed by atoms with Crippen LogP contribution in [0.25, 0.3) is 6.08 Å². The van der Waals surface area contributed by atoms with Gasteiger partial charge in [0.1, 0.15) is 11.4 Å². The Morgan fingerprint density at radius 2 is 1.67 bits per heavy atom. The van der Waals surface area contributed by atoms with Crippen LogP contribution in [0.15, 0.2) is 83.6 Å². The second-order valence-corrected chi connectivity index (χ2v) is 6.96. The summed E-state index contributed by atoms with van der Waals surface area (Å²) in [4.78, 5) is 25.5. The maximum absolute atomic E-state index is 12.8. The SMILES string of the molecule is COc1ccc(C=C(NC(=O)c2ccccc2)C(=O)NN=Cc2ccc3c(c2)OCO3)cc1. The smallest absolute Gasteiger partial charge is 0.287 e. The molecule has 8 nitrogen and oxygen atoms in total. The number of carbonyl (C=O) groups excluding carboxylic acids is 2. The zero-order valence-corrected chi connectivity index (χ0v) is 17.8. The third kappa shape index (κ3) is 5.56. The van der Waals surface area contributed by atoms with Gasteiger partial charge in [-0.2, -0.15) is 5.10 Å². The van der Waals surface area contributed by atoms with E-state index >= 15 is 0 Å². The minimum atomic E-state index is -0.577. The first-order valence-electron chi connectivity index (χ1n) is 10.1. The molecule has 0 saturated carbocycles. The molecule has 1 aliphatic heterocycles. The number of nitrogens with zero attached hydrogens (tertiary/aromatic N) is 1. The van der Waals surface area contributed by atoms with Gasteiger partial charge < -0.3 is 19.5 Å². The second-order valence-electron chi connectivity index (χ2n) is 6.96. The van der Waals surface area contributed by atoms with E-state index in [9.17, 15) is 9.59 Å². The Morgan fingerprint density at radius 3 is 2.42 bits per heavy atom. The normalized spacial score (nSPS) is 12.5. The molecule has 0 fully saturated rings. The first-order chi connectivity index (χ1) is 16.1. The van der Waals surface area contributed by atoms with Crippen molar-refractivity contribution in [2.24, 2.45) is 5.10 Å². The lowest BCUT2D eigenvalue weighted by Crippen LogP contribution is -2.32. The molecule has 3 aromatic rings. The first kappa shape index (κ1) is 21.6. The first-order valence-corrected chi connectivity index (χ1v) is 10.1. The molecule has 0 atom stereocenters. The summed E-state index contributed by atoms with van der Waals surface area (Å²) in [6.07, 6.45) is 3.04. The average molecular weight is 443 g/mol. The van der Waals surface area contributed by atoms with Gasteiger partial charge in [0, 0.05) is 5.56 Å². The van der Waals surface area contributed by atoms with Gasteiger partial charge in [0.2, 0.25) is 6.79 Å². The van der Waals surface area contributed by atoms with Crippen LogP contribution < -0.4 is 25.0 Å². The van der Waals surface area contributed by atoms with Crippen LogP contribution in [-0.2, 0) is 4.79 Å². The van der Waals surface area contributed by atoms with E-state index in [1.165, 1.54) is 6.21 Å². The van der Waals surface area contributed by atoms with Gasteiger partial charge in [0.05, 0.1) is 13.3 Å². The maximum Gasteiger partial charge on any atom is 0.287 e. The predicted molar refractivity (Wildman–Crippen MR) is 123 cm³/mol. The molecule has 8 heteroatoms. The Balaban J connectivity index is 1.51. The standard InChI is InChI=1S/C25H21N3O5/c1-31-20-10-7-17(8-11-20)13-21(27-24(29)19-5-3-2-4-6-19)25(30)28-26-15-18-9-12-22-23(14-18)33-16-32-22/h2-15H,16H2,1H3,(H,27,29)(H,28,30). The van der Waals surface area contributed by atoms with Crippen LogP contribution >= 0.6 is 0 Å². The molecule has 33 heavy (non-hydrogen) atoms. The summed E-state index contributed by atoms with van der Waals surface area (Å²) >= 11 is 0. The van der Waals surface area contributed by atoms with Crippen molar-refractivity contribution in [3.63, 3.8) is 0 Å². The highest BCUT2D eigenvalue weighted by molar-refractivity contribution is 6.05. The van der Waals surface area contributed by atoms with Gasteiger partial charge in [-0.05, 0) is 59.7 Å². The van der Waals surface area contributed by atoms with E-state index in [1.54, 1.807) is 79.9 Å². The van der Waals surface area contributed by atoms with E-state index in [0.29, 0.717) is 33.9 Å². The number of benzene rings is 3. The van der Waals surface area contributed by atoms with Crippen LogP contribution in [0.3, 0.4) is 0 Å². The number of rotatable bonds is 7. The largest absolute Gasteiger partial charge is 0.497 e. The van der Waals surface area contributed by atoms with E-state index in [4.69, 9.17) is 14.2 Å². The molecule has 0 aliphatic carbocycles. The van der Waals surface area contributed by atoms with Crippen molar-refractivity contribution in [3.05, 3.63) is 95.2 Å². The molecule has 0 aromatic heterocycles. The lowest BCUT2D eigenvalue weighted by atomic mass is 10.1. The third-order valence-electron chi connectivity index (χ3n) is 4.73. The van der Waals surface area contributed by atoms with Crippen molar-refractivity contribution in [3.8, 4) is 17.2 Å². The Morgan fingerprint density at radius 1 is 0.939 bits per heavy atom. The minimum absolute atomic E-state index is 0.0388. The van der Waals surface area contributed by atoms with Gasteiger partial charge in [-0.15, -0.1) is 0 Å². The maximum atomic E-state index is 12.8. The zero-order valence-electron chi connectivity index (χ0n) is 17.8. The Bertz CT molecular complexity index is 1200. The van der Waals surface area contributed by atoms with Gasteiger partial charge in [-0.1, -0.05) is 30.3 Å². The molecule has 3 aromatic carbocycles. The van der Waals surface area contributed by atoms with E-state index < -0.39 is 11.8 Å². The molecule has 0 bridgehead atoms. The highest BCUT2D eigenvalue weighted by Crippen LogP contribution is 2.31. The molecule has 0 radical (unpaired) electrons. The van der Waals surface area contributed by atoms with Crippen LogP contribution in [0.5, 0.6) is 17.2 Å². The molecule has 4 rings (SSSR count). The predicted octanol–water partition coefficient (Wildman–Crippen LogP) is 3.35. The van der Waals surface area contributed by atoms with Crippen LogP contribution in [-0.4, -0.2) is 31.9 Å². The van der Waals surface area contributed by atoms with Crippen LogP contribution in [0.4, 0.5) is 0 Å². The highest BCUT2D eigenvalue weighted by Gasteiger charge is 2.15. The van der Waals surface area contributed by atoms with E-state index in [1.807, 2.05) is 6.07 Å². The quantitative estimate of drug-likeness (QED) is 0.332. The Hall–Kier alpha value is -4.59. The number of hydrazone groups is 1. The third-order valence-corrected chi connectivity index (χ3v) is 4.73. The molecule has 1 aliphatic rings. The van der Waals surface area contributed by atoms with Gasteiger partial charge in [-0.25, -0.2) is 5.43 Å². The molecule has 2 amide bonds. The van der Waals surface area contributed by atoms with Crippen molar-refractivity contribution in [1.29, 1.82) is 0 Å². The summed E-state index contributed by atoms with van der Waals surface area (Å²) in [5.74, 6) is 0.960. The molecule has 0 spiro atoms. The lowest BCUT2D eigenvalue weighted by Gasteiger charge is -2.09. The number of amides is 2. The zero-order chi connectivity index (χ0) is 23.0. The Labute approximate surface area is 190 Å². The number of ether oxygens (including phenoxy) is 3. The van der Waals surface area contributed by atoms with E-state index in [-0.39, 0.29) is 12.5 Å². The molecule has 166 valence electrons. The number of carbonyl (C=O) groups is 2. The van der Waals surface area contributed by atoms with Crippen LogP contribution in [0.2, 0.25) is 0 Å². The fourth-order valence-corrected chi connectivity index (χ4v) is 3.03. The van der Waals surface area contributed by atoms with E-state index in [0.717, 1.165) is 0 Å². The topological polar surface area (TPSA) is 98.2 Å². The van der Waals surface area contributed by atoms with Gasteiger partial charge in [-0.3, -0.25) is 9.59 Å². The second kappa shape index (κ2) is 10.1. The minimum Gasteiger partial charge on any atom is -0.497 e. The number of hydrogen-bond donors (Lipinski definition) is 2. The van der Waals surface area contributed by atoms with Crippen LogP contribution in [0.1, 0.15) is 21.5 Å². The number of nitrogens with one attached hydrogen (secondary N) is 2. The average Bonchev–Trinajstić information content (AvgIpc) is 3.32. The molecule has 0 saturated heterocycles. The summed E-state index contributed by atoms with van der Waals surface area (Å²) in [5.41, 5.74) is 4.33. The summed E-state index contributed by atoms with van der Waals surface area (Å²) in [7, 11) is 1.57. The molecule has 2 N–H and O–H groups in total. The number of fused-ring (bicyclic) bond motifs is 1. The van der Waals surface area contributed by atoms with Crippen molar-refractivity contribution in [2.45, 2.75) is 0 Å². The Kier molecular flexibility index (Phi) is 6.65. The molecule has 0 unspecified atom stereocenters. The fourth-order valence-electron chi connectivity index (χ4n) is 3.03. The van der Waals surface area contributed by atoms with Crippen molar-refractivity contribution in [1.82, 2.24) is 10.7 Å². The van der Waals surface area contributed by atoms with Gasteiger partial charge in [0.15, 0.2) is 11.5 Å². The molecule has 1 heterocycles. The highest BCUT2D eigenvalue weighted by atomic mass is 16.7. The van der Waals surface area contributed by atoms with Crippen molar-refractivity contribution < 1.29 is 23.8 Å². The molecular formula is C25H21N3O5. The summed E-state index contributed by atoms with van der Waals surface area (Å²) in [6.45, 7) is 0.174. The molecular weight excluding hydrogens is 422 g/mol. The summed E-state index contributed by atoms with van der Waals surface area (Å²) in [6, 6.07) is 21.0. The summed E-state index contributed by atoms with van der Waals surface area (Å²) in [5, 5.41) is 6.67. The number of hydrogen-bond acceptors (Lipinski definition) is 6. The van der Waals surface area contributed by atoms with Crippen molar-refractivity contribution >= 4 is 24.1 Å². The van der Waals surface area contributed by atoms with E-state index in [2.05, 4.69) is 15.8 Å². The fraction of sp³-hybridized carbons (Fsp3) is 0.0800. The van der Waals surface area contributed by atoms with Gasteiger partial charge in [0.25, 0.3) is 11.8 Å². The monoisotopic (exact) mass is 443 g/mol. The van der Waals surface area contributed by atoms with Crippen LogP contribution in [0, 0.1) is 0 Å². The number of methoxy groups -OCH3 is 1. The summed E-state index contributed by atoms with van der Waals surface area (Å²) < 4.78 is 15.8. The van der Waals surface area contributed by atoms with Crippen molar-refractivity contribution in [2.75, 3.05) is 13.9 Å². The van der Waals surface area contributed by atoms with Gasteiger partial charge >= 0.3 is 0 Å².